The Hall–Kier alpha value is -0.510. The molecule has 90 valence electrons. The molecule has 3 nitrogen and oxygen atoms in total. The highest BCUT2D eigenvalue weighted by atomic mass is 32.2. The van der Waals surface area contributed by atoms with Crippen molar-refractivity contribution in [2.45, 2.75) is 56.4 Å². The molecule has 0 N–H and O–H groups in total. The molecule has 1 heterocycles. The zero-order chi connectivity index (χ0) is 11.9. The van der Waals surface area contributed by atoms with Gasteiger partial charge >= 0.3 is 0 Å². The minimum atomic E-state index is -0.455. The van der Waals surface area contributed by atoms with Crippen LogP contribution in [0.4, 0.5) is 0 Å². The highest BCUT2D eigenvalue weighted by Gasteiger charge is 2.64. The number of β-lactam (4-membered cyclic amide) rings is 1. The number of hydrogen-bond acceptors (Lipinski definition) is 3. The second kappa shape index (κ2) is 4.06. The van der Waals surface area contributed by atoms with Gasteiger partial charge in [0.25, 0.3) is 0 Å². The van der Waals surface area contributed by atoms with E-state index in [0.717, 1.165) is 19.3 Å². The van der Waals surface area contributed by atoms with Crippen molar-refractivity contribution in [3.05, 3.63) is 0 Å². The van der Waals surface area contributed by atoms with E-state index in [4.69, 9.17) is 0 Å². The van der Waals surface area contributed by atoms with E-state index in [1.807, 2.05) is 25.0 Å². The lowest BCUT2D eigenvalue weighted by molar-refractivity contribution is -0.169. The highest BCUT2D eigenvalue weighted by molar-refractivity contribution is 8.00. The van der Waals surface area contributed by atoms with Gasteiger partial charge in [-0.1, -0.05) is 6.42 Å². The third-order valence-corrected chi connectivity index (χ3v) is 4.84. The fraction of sp³-hybridized carbons (Fsp3) is 0.833. The third-order valence-electron chi connectivity index (χ3n) is 3.77. The molecule has 1 aliphatic heterocycles. The number of carbonyl (C=O) groups is 2. The number of nitrogens with zero attached hydrogens (tertiary/aromatic N) is 1. The van der Waals surface area contributed by atoms with Gasteiger partial charge in [-0.2, -0.15) is 0 Å². The van der Waals surface area contributed by atoms with Crippen LogP contribution in [-0.2, 0) is 9.59 Å². The van der Waals surface area contributed by atoms with Crippen LogP contribution in [0.15, 0.2) is 0 Å². The molecule has 1 spiro atoms. The molecule has 0 unspecified atom stereocenters. The molecule has 0 aromatic heterocycles. The van der Waals surface area contributed by atoms with E-state index in [0.29, 0.717) is 6.42 Å². The number of rotatable bonds is 2. The normalized spacial score (nSPS) is 34.8. The fourth-order valence-electron chi connectivity index (χ4n) is 3.17. The largest absolute Gasteiger partial charge is 0.325 e. The first-order valence-electron chi connectivity index (χ1n) is 5.95. The molecule has 0 radical (unpaired) electrons. The maximum absolute atomic E-state index is 12.2. The average molecular weight is 241 g/mol. The lowest BCUT2D eigenvalue weighted by atomic mass is 9.70. The van der Waals surface area contributed by atoms with Gasteiger partial charge in [0.05, 0.1) is 0 Å². The Morgan fingerprint density at radius 2 is 2.06 bits per heavy atom. The Morgan fingerprint density at radius 3 is 2.56 bits per heavy atom. The minimum Gasteiger partial charge on any atom is -0.325 e. The van der Waals surface area contributed by atoms with Crippen LogP contribution in [0.25, 0.3) is 0 Å². The van der Waals surface area contributed by atoms with Gasteiger partial charge in [0.2, 0.25) is 5.91 Å². The Morgan fingerprint density at radius 1 is 1.38 bits per heavy atom. The fourth-order valence-corrected chi connectivity index (χ4v) is 4.23. The van der Waals surface area contributed by atoms with Gasteiger partial charge in [-0.3, -0.25) is 9.59 Å². The quantitative estimate of drug-likeness (QED) is 0.692. The van der Waals surface area contributed by atoms with Crippen molar-refractivity contribution < 1.29 is 9.59 Å². The maximum atomic E-state index is 12.2. The Kier molecular flexibility index (Phi) is 3.03. The van der Waals surface area contributed by atoms with Crippen molar-refractivity contribution in [2.24, 2.45) is 0 Å². The van der Waals surface area contributed by atoms with Gasteiger partial charge in [0.1, 0.15) is 10.8 Å². The van der Waals surface area contributed by atoms with E-state index in [1.54, 1.807) is 0 Å². The van der Waals surface area contributed by atoms with Crippen molar-refractivity contribution >= 4 is 23.5 Å². The summed E-state index contributed by atoms with van der Waals surface area (Å²) < 4.78 is 0. The van der Waals surface area contributed by atoms with Gasteiger partial charge in [-0.15, -0.1) is 11.8 Å². The monoisotopic (exact) mass is 241 g/mol. The lowest BCUT2D eigenvalue weighted by Crippen LogP contribution is -2.78. The maximum Gasteiger partial charge on any atom is 0.239 e. The van der Waals surface area contributed by atoms with Crippen molar-refractivity contribution in [2.75, 3.05) is 6.26 Å². The first-order valence-corrected chi connectivity index (χ1v) is 7.23. The molecular weight excluding hydrogens is 222 g/mol. The van der Waals surface area contributed by atoms with Gasteiger partial charge in [0, 0.05) is 12.5 Å². The van der Waals surface area contributed by atoms with Crippen LogP contribution in [0.5, 0.6) is 0 Å². The summed E-state index contributed by atoms with van der Waals surface area (Å²) in [6, 6.07) is 0.137. The zero-order valence-electron chi connectivity index (χ0n) is 10.2. The van der Waals surface area contributed by atoms with Gasteiger partial charge < -0.3 is 4.90 Å². The first kappa shape index (κ1) is 12.0. The summed E-state index contributed by atoms with van der Waals surface area (Å²) in [6.07, 6.45) is 5.50. The Bertz CT molecular complexity index is 329. The predicted octanol–water partition coefficient (Wildman–Crippen LogP) is 1.85. The van der Waals surface area contributed by atoms with Crippen LogP contribution in [0.3, 0.4) is 0 Å². The van der Waals surface area contributed by atoms with Crippen molar-refractivity contribution in [3.8, 4) is 0 Å². The van der Waals surface area contributed by atoms with Crippen LogP contribution < -0.4 is 0 Å². The molecule has 0 aromatic rings. The molecular formula is C12H19NO2S. The molecule has 2 rings (SSSR count). The first-order chi connectivity index (χ1) is 7.55. The third kappa shape index (κ3) is 1.35. The number of carbonyl (C=O) groups excluding carboxylic acids is 2. The van der Waals surface area contributed by atoms with Crippen molar-refractivity contribution in [1.82, 2.24) is 4.90 Å². The van der Waals surface area contributed by atoms with Crippen LogP contribution in [-0.4, -0.2) is 39.7 Å². The second-order valence-corrected chi connectivity index (χ2v) is 5.92. The van der Waals surface area contributed by atoms with Crippen LogP contribution in [0, 0.1) is 0 Å². The molecule has 1 saturated carbocycles. The Labute approximate surface area is 101 Å². The van der Waals surface area contributed by atoms with E-state index in [2.05, 4.69) is 0 Å². The van der Waals surface area contributed by atoms with Crippen LogP contribution in [0.2, 0.25) is 0 Å². The Balaban J connectivity index is 2.34. The number of thioether (sulfide) groups is 1. The number of ketones is 1. The number of Topliss-reactive ketones (excluding diaryl/α,β-unsaturated/α-hetero) is 1. The highest BCUT2D eigenvalue weighted by Crippen LogP contribution is 2.47. The number of likely N-dealkylation sites (tertiary alicyclic amines) is 1. The molecule has 1 amide bonds. The summed E-state index contributed by atoms with van der Waals surface area (Å²) in [6.45, 7) is 4.00. The van der Waals surface area contributed by atoms with E-state index in [-0.39, 0.29) is 23.0 Å². The molecule has 4 heteroatoms. The summed E-state index contributed by atoms with van der Waals surface area (Å²) in [4.78, 5) is 26.1. The topological polar surface area (TPSA) is 37.4 Å². The van der Waals surface area contributed by atoms with Crippen molar-refractivity contribution in [3.63, 3.8) is 0 Å². The molecule has 16 heavy (non-hydrogen) atoms. The number of hydrogen-bond donors (Lipinski definition) is 0. The smallest absolute Gasteiger partial charge is 0.239 e. The van der Waals surface area contributed by atoms with Crippen molar-refractivity contribution in [1.29, 1.82) is 0 Å². The van der Waals surface area contributed by atoms with E-state index in [9.17, 15) is 9.59 Å². The molecule has 2 atom stereocenters. The SMILES string of the molecule is CS[C@H]1C(=O)N(C(C)C)[C@]12CCCCC2=O. The van der Waals surface area contributed by atoms with Crippen LogP contribution >= 0.6 is 11.8 Å². The number of amides is 1. The summed E-state index contributed by atoms with van der Waals surface area (Å²) in [5, 5.41) is -0.123. The lowest BCUT2D eigenvalue weighted by Gasteiger charge is -2.59. The van der Waals surface area contributed by atoms with E-state index < -0.39 is 5.54 Å². The standard InChI is InChI=1S/C12H19NO2S/c1-8(2)13-11(15)10(16-3)12(13)7-5-4-6-9(12)14/h8,10H,4-7H2,1-3H3/t10-,12-/m0/s1. The van der Waals surface area contributed by atoms with Gasteiger partial charge in [0.15, 0.2) is 5.78 Å². The van der Waals surface area contributed by atoms with E-state index in [1.165, 1.54) is 11.8 Å². The molecule has 1 saturated heterocycles. The summed E-state index contributed by atoms with van der Waals surface area (Å²) >= 11 is 1.54. The zero-order valence-corrected chi connectivity index (χ0v) is 11.0. The van der Waals surface area contributed by atoms with Crippen LogP contribution in [0.1, 0.15) is 39.5 Å². The molecule has 1 aliphatic carbocycles. The van der Waals surface area contributed by atoms with E-state index >= 15 is 0 Å². The molecule has 0 bridgehead atoms. The van der Waals surface area contributed by atoms with Gasteiger partial charge in [-0.05, 0) is 32.9 Å². The molecule has 2 fully saturated rings. The summed E-state index contributed by atoms with van der Waals surface area (Å²) in [5.41, 5.74) is -0.455. The average Bonchev–Trinajstić information content (AvgIpc) is 2.21. The summed E-state index contributed by atoms with van der Waals surface area (Å²) in [7, 11) is 0. The molecule has 0 aromatic carbocycles. The molecule has 2 aliphatic rings. The minimum absolute atomic E-state index is 0.123. The summed E-state index contributed by atoms with van der Waals surface area (Å²) in [5.74, 6) is 0.434. The second-order valence-electron chi connectivity index (χ2n) is 4.97. The van der Waals surface area contributed by atoms with Gasteiger partial charge in [-0.25, -0.2) is 0 Å². The predicted molar refractivity (Wildman–Crippen MR) is 65.5 cm³/mol.